The Kier molecular flexibility index (Phi) is 3.06. The van der Waals surface area contributed by atoms with Crippen LogP contribution in [0.3, 0.4) is 0 Å². The van der Waals surface area contributed by atoms with Gasteiger partial charge in [-0.2, -0.15) is 0 Å². The van der Waals surface area contributed by atoms with Crippen molar-refractivity contribution in [2.45, 2.75) is 25.7 Å². The summed E-state index contributed by atoms with van der Waals surface area (Å²) in [6.45, 7) is 4.19. The Bertz CT molecular complexity index is 846. The summed E-state index contributed by atoms with van der Waals surface area (Å²) in [5.41, 5.74) is 3.57. The van der Waals surface area contributed by atoms with E-state index in [9.17, 15) is 4.79 Å². The maximum Gasteiger partial charge on any atom is 0.258 e. The summed E-state index contributed by atoms with van der Waals surface area (Å²) in [4.78, 5) is 15.9. The van der Waals surface area contributed by atoms with Gasteiger partial charge in [-0.25, -0.2) is 0 Å². The van der Waals surface area contributed by atoms with Crippen molar-refractivity contribution in [3.8, 4) is 17.0 Å². The molecule has 3 rings (SSSR count). The molecule has 21 heavy (non-hydrogen) atoms. The zero-order valence-corrected chi connectivity index (χ0v) is 13.4. The minimum atomic E-state index is -0.231. The number of fused-ring (bicyclic) bond motifs is 3. The van der Waals surface area contributed by atoms with Gasteiger partial charge in [-0.1, -0.05) is 19.9 Å². The van der Waals surface area contributed by atoms with E-state index < -0.39 is 0 Å². The van der Waals surface area contributed by atoms with Crippen molar-refractivity contribution in [1.29, 1.82) is 0 Å². The molecule has 1 aromatic carbocycles. The lowest BCUT2D eigenvalue weighted by Crippen LogP contribution is -2.37. The predicted molar refractivity (Wildman–Crippen MR) is 85.6 cm³/mol. The summed E-state index contributed by atoms with van der Waals surface area (Å²) < 4.78 is 7.24. The predicted octanol–water partition coefficient (Wildman–Crippen LogP) is 2.95. The highest BCUT2D eigenvalue weighted by Crippen LogP contribution is 2.41. The highest BCUT2D eigenvalue weighted by molar-refractivity contribution is 7.71. The normalized spacial score (nSPS) is 15.2. The zero-order valence-electron chi connectivity index (χ0n) is 12.6. The SMILES string of the molecule is COc1ccc2c(c1)-c1[nH]c(=S)n(C)c(=O)c1C(C)(C)C2. The minimum Gasteiger partial charge on any atom is -0.497 e. The molecule has 0 saturated carbocycles. The number of hydrogen-bond acceptors (Lipinski definition) is 3. The first kappa shape index (κ1) is 14.1. The van der Waals surface area contributed by atoms with Crippen LogP contribution in [0.2, 0.25) is 0 Å². The van der Waals surface area contributed by atoms with E-state index in [0.717, 1.165) is 29.0 Å². The second-order valence-electron chi connectivity index (χ2n) is 6.13. The molecule has 0 spiro atoms. The number of methoxy groups -OCH3 is 1. The molecule has 0 bridgehead atoms. The first-order chi connectivity index (χ1) is 9.85. The van der Waals surface area contributed by atoms with Crippen molar-refractivity contribution in [2.24, 2.45) is 7.05 Å². The van der Waals surface area contributed by atoms with E-state index in [1.54, 1.807) is 14.2 Å². The van der Waals surface area contributed by atoms with Gasteiger partial charge in [0.25, 0.3) is 5.56 Å². The van der Waals surface area contributed by atoms with Crippen LogP contribution in [0.5, 0.6) is 5.75 Å². The molecule has 1 N–H and O–H groups in total. The summed E-state index contributed by atoms with van der Waals surface area (Å²) in [5, 5.41) is 0. The summed E-state index contributed by atoms with van der Waals surface area (Å²) in [5.74, 6) is 0.777. The number of H-pyrrole nitrogens is 1. The van der Waals surface area contributed by atoms with Crippen LogP contribution >= 0.6 is 12.2 Å². The molecular weight excluding hydrogens is 284 g/mol. The van der Waals surface area contributed by atoms with E-state index in [0.29, 0.717) is 4.77 Å². The number of benzene rings is 1. The third-order valence-corrected chi connectivity index (χ3v) is 4.58. The Labute approximate surface area is 128 Å². The summed E-state index contributed by atoms with van der Waals surface area (Å²) in [6.07, 6.45) is 0.819. The van der Waals surface area contributed by atoms with Gasteiger partial charge in [-0.3, -0.25) is 9.36 Å². The molecule has 5 heteroatoms. The second kappa shape index (κ2) is 4.56. The number of aromatic nitrogens is 2. The van der Waals surface area contributed by atoms with Crippen LogP contribution in [0.25, 0.3) is 11.3 Å². The van der Waals surface area contributed by atoms with Crippen molar-refractivity contribution >= 4 is 12.2 Å². The van der Waals surface area contributed by atoms with Crippen molar-refractivity contribution in [3.05, 3.63) is 44.5 Å². The molecule has 110 valence electrons. The smallest absolute Gasteiger partial charge is 0.258 e. The van der Waals surface area contributed by atoms with Crippen LogP contribution in [0.4, 0.5) is 0 Å². The van der Waals surface area contributed by atoms with Gasteiger partial charge in [0.05, 0.1) is 12.8 Å². The fraction of sp³-hybridized carbons (Fsp3) is 0.375. The lowest BCUT2D eigenvalue weighted by atomic mass is 9.72. The van der Waals surface area contributed by atoms with E-state index in [1.165, 1.54) is 10.1 Å². The highest BCUT2D eigenvalue weighted by atomic mass is 32.1. The minimum absolute atomic E-state index is 0.0211. The lowest BCUT2D eigenvalue weighted by Gasteiger charge is -2.33. The largest absolute Gasteiger partial charge is 0.497 e. The number of ether oxygens (including phenoxy) is 1. The van der Waals surface area contributed by atoms with Crippen LogP contribution in [0.15, 0.2) is 23.0 Å². The number of nitrogens with zero attached hydrogens (tertiary/aromatic N) is 1. The fourth-order valence-electron chi connectivity index (χ4n) is 3.08. The molecule has 0 amide bonds. The maximum atomic E-state index is 12.7. The lowest BCUT2D eigenvalue weighted by molar-refractivity contribution is 0.414. The molecule has 0 radical (unpaired) electrons. The molecule has 1 heterocycles. The Morgan fingerprint density at radius 2 is 2.10 bits per heavy atom. The first-order valence-electron chi connectivity index (χ1n) is 6.86. The average molecular weight is 302 g/mol. The number of nitrogens with one attached hydrogen (secondary N) is 1. The Morgan fingerprint density at radius 1 is 1.38 bits per heavy atom. The third-order valence-electron chi connectivity index (χ3n) is 4.20. The van der Waals surface area contributed by atoms with Crippen LogP contribution in [0.1, 0.15) is 25.0 Å². The van der Waals surface area contributed by atoms with Crippen LogP contribution in [-0.4, -0.2) is 16.7 Å². The van der Waals surface area contributed by atoms with Crippen molar-refractivity contribution in [3.63, 3.8) is 0 Å². The summed E-state index contributed by atoms with van der Waals surface area (Å²) >= 11 is 5.27. The third kappa shape index (κ3) is 2.03. The average Bonchev–Trinajstić information content (AvgIpc) is 2.43. The van der Waals surface area contributed by atoms with Gasteiger partial charge in [0.15, 0.2) is 4.77 Å². The number of aromatic amines is 1. The van der Waals surface area contributed by atoms with Crippen LogP contribution in [0, 0.1) is 4.77 Å². The van der Waals surface area contributed by atoms with Gasteiger partial charge in [-0.05, 0) is 36.3 Å². The van der Waals surface area contributed by atoms with E-state index in [4.69, 9.17) is 17.0 Å². The molecule has 2 aromatic rings. The Hall–Kier alpha value is -1.88. The summed E-state index contributed by atoms with van der Waals surface area (Å²) in [6, 6.07) is 5.98. The molecular formula is C16H18N2O2S. The van der Waals surface area contributed by atoms with E-state index in [1.807, 2.05) is 12.1 Å². The van der Waals surface area contributed by atoms with Crippen molar-refractivity contribution < 1.29 is 4.74 Å². The molecule has 0 unspecified atom stereocenters. The second-order valence-corrected chi connectivity index (χ2v) is 6.51. The molecule has 0 fully saturated rings. The Morgan fingerprint density at radius 3 is 2.76 bits per heavy atom. The van der Waals surface area contributed by atoms with Gasteiger partial charge >= 0.3 is 0 Å². The molecule has 0 aliphatic heterocycles. The zero-order chi connectivity index (χ0) is 15.4. The molecule has 0 atom stereocenters. The van der Waals surface area contributed by atoms with Gasteiger partial charge in [-0.15, -0.1) is 0 Å². The van der Waals surface area contributed by atoms with E-state index in [2.05, 4.69) is 24.9 Å². The van der Waals surface area contributed by atoms with Gasteiger partial charge < -0.3 is 9.72 Å². The quantitative estimate of drug-likeness (QED) is 0.824. The monoisotopic (exact) mass is 302 g/mol. The molecule has 4 nitrogen and oxygen atoms in total. The first-order valence-corrected chi connectivity index (χ1v) is 7.27. The topological polar surface area (TPSA) is 47.0 Å². The highest BCUT2D eigenvalue weighted by Gasteiger charge is 2.34. The molecule has 0 saturated heterocycles. The van der Waals surface area contributed by atoms with Crippen LogP contribution < -0.4 is 10.3 Å². The van der Waals surface area contributed by atoms with Crippen LogP contribution in [-0.2, 0) is 18.9 Å². The van der Waals surface area contributed by atoms with Gasteiger partial charge in [0, 0.05) is 23.6 Å². The molecule has 1 aromatic heterocycles. The molecule has 1 aliphatic rings. The van der Waals surface area contributed by atoms with E-state index in [-0.39, 0.29) is 11.0 Å². The molecule has 1 aliphatic carbocycles. The number of hydrogen-bond donors (Lipinski definition) is 1. The fourth-order valence-corrected chi connectivity index (χ4v) is 3.27. The number of rotatable bonds is 1. The summed E-state index contributed by atoms with van der Waals surface area (Å²) in [7, 11) is 3.35. The standard InChI is InChI=1S/C16H18N2O2S/c1-16(2)8-9-5-6-10(20-4)7-11(9)13-12(16)14(19)18(3)15(21)17-13/h5-7H,8H2,1-4H3,(H,17,21). The van der Waals surface area contributed by atoms with Gasteiger partial charge in [0.1, 0.15) is 5.75 Å². The Balaban J connectivity index is 2.43. The van der Waals surface area contributed by atoms with Crippen molar-refractivity contribution in [2.75, 3.05) is 7.11 Å². The van der Waals surface area contributed by atoms with Crippen molar-refractivity contribution in [1.82, 2.24) is 9.55 Å². The van der Waals surface area contributed by atoms with E-state index >= 15 is 0 Å². The maximum absolute atomic E-state index is 12.7. The van der Waals surface area contributed by atoms with Gasteiger partial charge in [0.2, 0.25) is 0 Å².